The molecule has 0 bridgehead atoms. The molecule has 0 fully saturated rings. The van der Waals surface area contributed by atoms with E-state index in [1.807, 2.05) is 26.0 Å². The predicted molar refractivity (Wildman–Crippen MR) is 47.7 cm³/mol. The first-order chi connectivity index (χ1) is 6.69. The number of hydrogen-bond acceptors (Lipinski definition) is 5. The number of nitrogens with zero attached hydrogens (tertiary/aromatic N) is 1. The minimum absolute atomic E-state index is 0.212. The van der Waals surface area contributed by atoms with Crippen LogP contribution in [-0.2, 0) is 20.4 Å². The lowest BCUT2D eigenvalue weighted by molar-refractivity contribution is -0.0441. The molecule has 0 spiro atoms. The number of alkyl halides is 3. The van der Waals surface area contributed by atoms with Crippen LogP contribution in [0.4, 0.5) is 17.1 Å². The summed E-state index contributed by atoms with van der Waals surface area (Å²) in [6.45, 7) is 0. The van der Waals surface area contributed by atoms with E-state index in [2.05, 4.69) is 0 Å². The minimum atomic E-state index is -6.17. The summed E-state index contributed by atoms with van der Waals surface area (Å²) in [5.74, 6) is 0. The molecule has 0 rings (SSSR count). The fourth-order valence-corrected chi connectivity index (χ4v) is 1.60. The Morgan fingerprint density at radius 1 is 1.00 bits per heavy atom. The molecule has 0 aromatic heterocycles. The topological polar surface area (TPSA) is 83.6 Å². The van der Waals surface area contributed by atoms with Crippen LogP contribution in [0.1, 0.15) is 0 Å². The van der Waals surface area contributed by atoms with E-state index in [1.165, 1.54) is 0 Å². The molecule has 0 aliphatic carbocycles. The van der Waals surface area contributed by atoms with Gasteiger partial charge in [-0.15, -0.1) is 0 Å². The van der Waals surface area contributed by atoms with E-state index in [-0.39, 0.29) is 4.13 Å². The first-order valence-corrected chi connectivity index (χ1v) is 6.21. The monoisotopic (exact) mass is 290 g/mol. The van der Waals surface area contributed by atoms with Crippen LogP contribution < -0.4 is 4.13 Å². The van der Waals surface area contributed by atoms with Crippen LogP contribution in [0.5, 0.6) is 0 Å². The van der Waals surface area contributed by atoms with Gasteiger partial charge in [0.25, 0.3) is 0 Å². The fourth-order valence-electron chi connectivity index (χ4n) is 0.178. The summed E-state index contributed by atoms with van der Waals surface area (Å²) in [5, 5.41) is 0. The number of hydrogen-bond donors (Lipinski definition) is 1. The molecular weight excluding hydrogens is 280 g/mol. The normalized spacial score (nSPS) is 13.2. The molecule has 0 aromatic rings. The van der Waals surface area contributed by atoms with Gasteiger partial charge in [0.2, 0.25) is 0 Å². The molecule has 0 aliphatic heterocycles. The van der Waals surface area contributed by atoms with Crippen molar-refractivity contribution in [3.63, 3.8) is 0 Å². The first kappa shape index (κ1) is 17.9. The summed E-state index contributed by atoms with van der Waals surface area (Å²) in [5.41, 5.74) is -5.86. The van der Waals surface area contributed by atoms with Crippen LogP contribution >= 0.6 is 0 Å². The van der Waals surface area contributed by atoms with E-state index in [4.69, 9.17) is 0 Å². The zero-order chi connectivity index (χ0) is 13.8. The predicted octanol–water partition coefficient (Wildman–Crippen LogP) is -0.182. The molecule has 12 heteroatoms. The molecule has 0 atom stereocenters. The van der Waals surface area contributed by atoms with Crippen LogP contribution in [-0.4, -0.2) is 48.4 Å². The van der Waals surface area contributed by atoms with E-state index in [0.29, 0.717) is 0 Å². The van der Waals surface area contributed by atoms with Crippen molar-refractivity contribution >= 4 is 20.4 Å². The average molecular weight is 290 g/mol. The molecule has 16 heavy (non-hydrogen) atoms. The quantitative estimate of drug-likeness (QED) is 0.563. The molecule has 100 valence electrons. The summed E-state index contributed by atoms with van der Waals surface area (Å²) >= 11 is 0. The number of halogens is 4. The van der Waals surface area contributed by atoms with E-state index in [0.717, 1.165) is 0 Å². The highest BCUT2D eigenvalue weighted by atomic mass is 32.3. The van der Waals surface area contributed by atoms with Crippen LogP contribution in [0.15, 0.2) is 0 Å². The highest BCUT2D eigenvalue weighted by Crippen LogP contribution is 2.22. The van der Waals surface area contributed by atoms with Crippen molar-refractivity contribution in [2.45, 2.75) is 5.51 Å². The van der Waals surface area contributed by atoms with Gasteiger partial charge in [0.05, 0.1) is 0 Å². The molecule has 0 saturated carbocycles. The summed E-state index contributed by atoms with van der Waals surface area (Å²) in [6.07, 6.45) is 0. The van der Waals surface area contributed by atoms with Crippen molar-refractivity contribution in [1.29, 1.82) is 0 Å². The molecule has 0 amide bonds. The highest BCUT2D eigenvalue weighted by Gasteiger charge is 2.48. The van der Waals surface area contributed by atoms with Crippen LogP contribution in [0, 0.1) is 0 Å². The van der Waals surface area contributed by atoms with Gasteiger partial charge in [-0.3, -0.25) is 0 Å². The van der Waals surface area contributed by atoms with Crippen molar-refractivity contribution in [3.8, 4) is 0 Å². The Labute approximate surface area is 90.6 Å². The third-order valence-electron chi connectivity index (χ3n) is 0.514. The van der Waals surface area contributed by atoms with E-state index < -0.39 is 25.9 Å². The molecule has 0 heterocycles. The number of sulfonamides is 1. The van der Waals surface area contributed by atoms with Crippen LogP contribution in [0.25, 0.3) is 0 Å². The maximum atomic E-state index is 11.4. The van der Waals surface area contributed by atoms with Gasteiger partial charge in [0.1, 0.15) is 0 Å². The molecule has 1 N–H and O–H groups in total. The summed E-state index contributed by atoms with van der Waals surface area (Å²) in [6, 6.07) is 0. The number of nitrogens with one attached hydrogen (secondary N) is 1. The largest absolute Gasteiger partial charge is 0.512 e. The standard InChI is InChI=1S/C3H9N.CHF4NO4S2/c1-4(2)3;2-1(3,4)11(7,8)6-12(5,9)10/h1-3H3;6H. The molecule has 6 nitrogen and oxygen atoms in total. The van der Waals surface area contributed by atoms with Gasteiger partial charge in [0, 0.05) is 0 Å². The third kappa shape index (κ3) is 10.1. The SMILES string of the molecule is CN(C)C.O=S(=O)(F)NS(=O)(=O)C(F)(F)F. The molecular formula is C4H10F4N2O4S2. The highest BCUT2D eigenvalue weighted by molar-refractivity contribution is 8.03. The molecule has 0 aromatic carbocycles. The van der Waals surface area contributed by atoms with Gasteiger partial charge in [-0.25, -0.2) is 8.42 Å². The van der Waals surface area contributed by atoms with Gasteiger partial charge in [-0.05, 0) is 21.1 Å². The van der Waals surface area contributed by atoms with Crippen LogP contribution in [0.3, 0.4) is 0 Å². The lowest BCUT2D eigenvalue weighted by atomic mass is 11.0. The van der Waals surface area contributed by atoms with Gasteiger partial charge < -0.3 is 4.90 Å². The van der Waals surface area contributed by atoms with Crippen molar-refractivity contribution < 1.29 is 33.9 Å². The Balaban J connectivity index is 0. The van der Waals surface area contributed by atoms with Gasteiger partial charge in [-0.1, -0.05) is 8.01 Å². The number of rotatable bonds is 2. The maximum Gasteiger partial charge on any atom is 0.512 e. The lowest BCUT2D eigenvalue weighted by Crippen LogP contribution is -2.38. The van der Waals surface area contributed by atoms with Crippen LogP contribution in [0.2, 0.25) is 0 Å². The maximum absolute atomic E-state index is 11.4. The zero-order valence-corrected chi connectivity index (χ0v) is 10.0. The Bertz CT molecular complexity index is 395. The molecule has 0 radical (unpaired) electrons. The Kier molecular flexibility index (Phi) is 6.43. The van der Waals surface area contributed by atoms with Crippen molar-refractivity contribution in [2.24, 2.45) is 0 Å². The first-order valence-electron chi connectivity index (χ1n) is 3.34. The minimum Gasteiger partial charge on any atom is -0.312 e. The second-order valence-electron chi connectivity index (χ2n) is 2.81. The van der Waals surface area contributed by atoms with E-state index in [9.17, 15) is 33.9 Å². The van der Waals surface area contributed by atoms with Gasteiger partial charge >= 0.3 is 25.9 Å². The molecule has 0 aliphatic rings. The second-order valence-corrected chi connectivity index (χ2v) is 5.82. The summed E-state index contributed by atoms with van der Waals surface area (Å²) < 4.78 is 83.5. The molecule has 0 unspecified atom stereocenters. The third-order valence-corrected chi connectivity index (χ3v) is 2.80. The van der Waals surface area contributed by atoms with Crippen molar-refractivity contribution in [1.82, 2.24) is 9.03 Å². The second kappa shape index (κ2) is 5.75. The Morgan fingerprint density at radius 2 is 1.25 bits per heavy atom. The molecule has 0 saturated heterocycles. The van der Waals surface area contributed by atoms with Gasteiger partial charge in [-0.2, -0.15) is 21.6 Å². The smallest absolute Gasteiger partial charge is 0.312 e. The van der Waals surface area contributed by atoms with Gasteiger partial charge in [0.15, 0.2) is 0 Å². The van der Waals surface area contributed by atoms with Crippen molar-refractivity contribution in [2.75, 3.05) is 21.1 Å². The summed E-state index contributed by atoms with van der Waals surface area (Å²) in [7, 11) is -6.09. The Hall–Kier alpha value is -0.460. The van der Waals surface area contributed by atoms with E-state index in [1.54, 1.807) is 0 Å². The fraction of sp³-hybridized carbons (Fsp3) is 1.00. The zero-order valence-electron chi connectivity index (χ0n) is 8.41. The van der Waals surface area contributed by atoms with E-state index >= 15 is 0 Å². The summed E-state index contributed by atoms with van der Waals surface area (Å²) in [4.78, 5) is 2.00. The van der Waals surface area contributed by atoms with Crippen molar-refractivity contribution in [3.05, 3.63) is 0 Å². The average Bonchev–Trinajstić information content (AvgIpc) is 1.74. The lowest BCUT2D eigenvalue weighted by Gasteiger charge is -2.04. The Morgan fingerprint density at radius 3 is 1.31 bits per heavy atom.